The first-order chi connectivity index (χ1) is 7.63. The molecule has 0 unspecified atom stereocenters. The molecule has 0 saturated carbocycles. The van der Waals surface area contributed by atoms with Crippen LogP contribution in [0.4, 0.5) is 0 Å². The molecule has 1 aromatic heterocycles. The molecule has 0 atom stereocenters. The summed E-state index contributed by atoms with van der Waals surface area (Å²) in [4.78, 5) is 7.95. The van der Waals surface area contributed by atoms with Crippen LogP contribution in [-0.4, -0.2) is 9.97 Å². The molecule has 2 rings (SSSR count). The minimum Gasteiger partial charge on any atom is -0.439 e. The van der Waals surface area contributed by atoms with Gasteiger partial charge in [-0.2, -0.15) is 4.98 Å². The molecule has 2 aromatic rings. The molecule has 0 amide bonds. The summed E-state index contributed by atoms with van der Waals surface area (Å²) in [7, 11) is 0. The van der Waals surface area contributed by atoms with Gasteiger partial charge in [-0.1, -0.05) is 17.7 Å². The lowest BCUT2D eigenvalue weighted by Gasteiger charge is -2.05. The van der Waals surface area contributed by atoms with Crippen LogP contribution in [0.25, 0.3) is 0 Å². The number of hydrogen-bond donors (Lipinski definition) is 0. The molecule has 0 bridgehead atoms. The van der Waals surface area contributed by atoms with Gasteiger partial charge in [-0.15, -0.1) is 0 Å². The monoisotopic (exact) mass is 234 g/mol. The molecule has 0 aliphatic rings. The van der Waals surface area contributed by atoms with Crippen LogP contribution in [0.3, 0.4) is 0 Å². The number of rotatable bonds is 2. The highest BCUT2D eigenvalue weighted by Crippen LogP contribution is 2.21. The Hall–Kier alpha value is -1.61. The maximum Gasteiger partial charge on any atom is 0.225 e. The zero-order valence-electron chi connectivity index (χ0n) is 9.07. The van der Waals surface area contributed by atoms with E-state index in [1.807, 2.05) is 38.1 Å². The van der Waals surface area contributed by atoms with Crippen LogP contribution >= 0.6 is 11.6 Å². The van der Waals surface area contributed by atoms with Crippen molar-refractivity contribution in [3.63, 3.8) is 0 Å². The number of aromatic nitrogens is 2. The molecule has 4 heteroatoms. The Labute approximate surface area is 99.1 Å². The summed E-state index contributed by atoms with van der Waals surface area (Å²) in [5, 5.41) is 0.196. The Balaban J connectivity index is 2.23. The minimum absolute atomic E-state index is 0.196. The van der Waals surface area contributed by atoms with Gasteiger partial charge in [0.1, 0.15) is 5.75 Å². The average molecular weight is 235 g/mol. The van der Waals surface area contributed by atoms with Crippen LogP contribution in [0.1, 0.15) is 11.3 Å². The number of halogens is 1. The number of benzene rings is 1. The van der Waals surface area contributed by atoms with Crippen LogP contribution in [0.2, 0.25) is 5.28 Å². The fourth-order valence-corrected chi connectivity index (χ4v) is 1.50. The number of nitrogens with zero attached hydrogens (tertiary/aromatic N) is 2. The molecular formula is C12H11ClN2O. The van der Waals surface area contributed by atoms with Crippen LogP contribution in [-0.2, 0) is 0 Å². The lowest BCUT2D eigenvalue weighted by Crippen LogP contribution is -1.92. The van der Waals surface area contributed by atoms with Gasteiger partial charge >= 0.3 is 0 Å². The van der Waals surface area contributed by atoms with Gasteiger partial charge in [0, 0.05) is 11.8 Å². The van der Waals surface area contributed by atoms with E-state index in [2.05, 4.69) is 9.97 Å². The van der Waals surface area contributed by atoms with Crippen molar-refractivity contribution in [3.05, 3.63) is 46.9 Å². The third kappa shape index (κ3) is 2.70. The van der Waals surface area contributed by atoms with Crippen molar-refractivity contribution in [2.45, 2.75) is 13.8 Å². The van der Waals surface area contributed by atoms with Crippen molar-refractivity contribution in [2.24, 2.45) is 0 Å². The van der Waals surface area contributed by atoms with E-state index >= 15 is 0 Å². The summed E-state index contributed by atoms with van der Waals surface area (Å²) >= 11 is 5.74. The zero-order valence-corrected chi connectivity index (χ0v) is 9.82. The van der Waals surface area contributed by atoms with Crippen LogP contribution in [0, 0.1) is 13.8 Å². The molecule has 0 aliphatic carbocycles. The topological polar surface area (TPSA) is 35.0 Å². The van der Waals surface area contributed by atoms with Crippen LogP contribution in [0.5, 0.6) is 11.6 Å². The average Bonchev–Trinajstić information content (AvgIpc) is 2.20. The second-order valence-electron chi connectivity index (χ2n) is 3.53. The predicted molar refractivity (Wildman–Crippen MR) is 63.0 cm³/mol. The normalized spacial score (nSPS) is 10.2. The Kier molecular flexibility index (Phi) is 3.06. The maximum atomic E-state index is 5.74. The third-order valence-corrected chi connectivity index (χ3v) is 2.22. The predicted octanol–water partition coefficient (Wildman–Crippen LogP) is 3.54. The maximum absolute atomic E-state index is 5.74. The largest absolute Gasteiger partial charge is 0.439 e. The van der Waals surface area contributed by atoms with Gasteiger partial charge in [0.25, 0.3) is 0 Å². The van der Waals surface area contributed by atoms with E-state index in [0.717, 1.165) is 11.4 Å². The van der Waals surface area contributed by atoms with E-state index in [4.69, 9.17) is 16.3 Å². The van der Waals surface area contributed by atoms with E-state index in [9.17, 15) is 0 Å². The van der Waals surface area contributed by atoms with E-state index in [0.29, 0.717) is 5.88 Å². The van der Waals surface area contributed by atoms with Gasteiger partial charge in [-0.05, 0) is 37.6 Å². The van der Waals surface area contributed by atoms with Crippen molar-refractivity contribution < 1.29 is 4.74 Å². The molecule has 0 fully saturated rings. The Morgan fingerprint density at radius 2 is 1.75 bits per heavy atom. The van der Waals surface area contributed by atoms with Gasteiger partial charge in [0.2, 0.25) is 11.2 Å². The highest BCUT2D eigenvalue weighted by atomic mass is 35.5. The summed E-state index contributed by atoms with van der Waals surface area (Å²) in [5.74, 6) is 1.20. The first kappa shape index (κ1) is 10.9. The van der Waals surface area contributed by atoms with Crippen molar-refractivity contribution in [1.29, 1.82) is 0 Å². The van der Waals surface area contributed by atoms with Crippen molar-refractivity contribution in [2.75, 3.05) is 0 Å². The van der Waals surface area contributed by atoms with Crippen molar-refractivity contribution in [1.82, 2.24) is 9.97 Å². The zero-order chi connectivity index (χ0) is 11.5. The second-order valence-corrected chi connectivity index (χ2v) is 3.87. The molecule has 0 saturated heterocycles. The van der Waals surface area contributed by atoms with Gasteiger partial charge in [0.15, 0.2) is 0 Å². The lowest BCUT2D eigenvalue weighted by molar-refractivity contribution is 0.461. The first-order valence-electron chi connectivity index (χ1n) is 4.89. The molecule has 1 aromatic carbocycles. The van der Waals surface area contributed by atoms with Gasteiger partial charge in [0.05, 0.1) is 0 Å². The Bertz CT molecular complexity index is 477. The summed E-state index contributed by atoms with van der Waals surface area (Å²) in [6, 6.07) is 9.48. The van der Waals surface area contributed by atoms with Crippen molar-refractivity contribution >= 4 is 11.6 Å². The molecule has 0 radical (unpaired) electrons. The molecule has 16 heavy (non-hydrogen) atoms. The number of ether oxygens (including phenoxy) is 1. The van der Waals surface area contributed by atoms with Gasteiger partial charge in [-0.3, -0.25) is 0 Å². The fraction of sp³-hybridized carbons (Fsp3) is 0.167. The molecule has 1 heterocycles. The minimum atomic E-state index is 0.196. The highest BCUT2D eigenvalue weighted by Gasteiger charge is 2.02. The first-order valence-corrected chi connectivity index (χ1v) is 5.27. The Morgan fingerprint density at radius 1 is 1.06 bits per heavy atom. The molecular weight excluding hydrogens is 224 g/mol. The van der Waals surface area contributed by atoms with E-state index in [1.54, 1.807) is 6.07 Å². The molecule has 0 spiro atoms. The summed E-state index contributed by atoms with van der Waals surface area (Å²) in [6.45, 7) is 3.87. The standard InChI is InChI=1S/C12H11ClN2O/c1-8-3-5-10(6-4-8)16-11-7-9(2)14-12(13)15-11/h3-7H,1-2H3. The molecule has 0 N–H and O–H groups in total. The smallest absolute Gasteiger partial charge is 0.225 e. The fourth-order valence-electron chi connectivity index (χ4n) is 1.28. The van der Waals surface area contributed by atoms with Crippen LogP contribution < -0.4 is 4.74 Å². The quantitative estimate of drug-likeness (QED) is 0.746. The van der Waals surface area contributed by atoms with E-state index in [-0.39, 0.29) is 5.28 Å². The Morgan fingerprint density at radius 3 is 2.38 bits per heavy atom. The van der Waals surface area contributed by atoms with Gasteiger partial charge < -0.3 is 4.74 Å². The highest BCUT2D eigenvalue weighted by molar-refractivity contribution is 6.28. The van der Waals surface area contributed by atoms with Gasteiger partial charge in [-0.25, -0.2) is 4.98 Å². The molecule has 82 valence electrons. The van der Waals surface area contributed by atoms with E-state index in [1.165, 1.54) is 5.56 Å². The summed E-state index contributed by atoms with van der Waals surface area (Å²) in [5.41, 5.74) is 1.96. The number of aryl methyl sites for hydroxylation is 2. The SMILES string of the molecule is Cc1ccc(Oc2cc(C)nc(Cl)n2)cc1. The van der Waals surface area contributed by atoms with Crippen LogP contribution in [0.15, 0.2) is 30.3 Å². The lowest BCUT2D eigenvalue weighted by atomic mass is 10.2. The molecule has 0 aliphatic heterocycles. The summed E-state index contributed by atoms with van der Waals surface area (Å²) < 4.78 is 5.56. The third-order valence-electron chi connectivity index (χ3n) is 2.05. The van der Waals surface area contributed by atoms with Crippen molar-refractivity contribution in [3.8, 4) is 11.6 Å². The molecule has 3 nitrogen and oxygen atoms in total. The second kappa shape index (κ2) is 4.49. The summed E-state index contributed by atoms with van der Waals surface area (Å²) in [6.07, 6.45) is 0. The number of hydrogen-bond acceptors (Lipinski definition) is 3. The van der Waals surface area contributed by atoms with E-state index < -0.39 is 0 Å².